The first-order valence-corrected chi connectivity index (χ1v) is 8.98. The van der Waals surface area contributed by atoms with Crippen LogP contribution in [0.3, 0.4) is 0 Å². The van der Waals surface area contributed by atoms with E-state index in [9.17, 15) is 0 Å². The van der Waals surface area contributed by atoms with Crippen molar-refractivity contribution in [2.75, 3.05) is 7.11 Å². The van der Waals surface area contributed by atoms with E-state index in [4.69, 9.17) is 4.74 Å². The molecule has 0 heterocycles. The molecular weight excluding hydrogens is 280 g/mol. The fourth-order valence-electron chi connectivity index (χ4n) is 3.64. The standard InChI is InChI=1S/C22H28O/c1-17-3-5-18(6-4-17)7-8-19-9-11-20(12-10-19)21-13-15-22(23-2)16-14-21/h9-18H,3-8H2,1-2H3. The average Bonchev–Trinajstić information content (AvgIpc) is 2.62. The summed E-state index contributed by atoms with van der Waals surface area (Å²) in [6.07, 6.45) is 8.31. The first-order valence-electron chi connectivity index (χ1n) is 8.98. The van der Waals surface area contributed by atoms with Crippen LogP contribution in [-0.2, 0) is 6.42 Å². The molecule has 1 heteroatoms. The molecule has 23 heavy (non-hydrogen) atoms. The third-order valence-corrected chi connectivity index (χ3v) is 5.35. The van der Waals surface area contributed by atoms with Crippen LogP contribution in [0, 0.1) is 11.8 Å². The van der Waals surface area contributed by atoms with E-state index in [1.165, 1.54) is 55.2 Å². The van der Waals surface area contributed by atoms with Gasteiger partial charge in [0.25, 0.3) is 0 Å². The number of hydrogen-bond donors (Lipinski definition) is 0. The second-order valence-corrected chi connectivity index (χ2v) is 7.09. The van der Waals surface area contributed by atoms with E-state index in [-0.39, 0.29) is 0 Å². The number of methoxy groups -OCH3 is 1. The van der Waals surface area contributed by atoms with E-state index in [0.29, 0.717) is 0 Å². The summed E-state index contributed by atoms with van der Waals surface area (Å²) < 4.78 is 5.22. The van der Waals surface area contributed by atoms with Crippen molar-refractivity contribution < 1.29 is 4.74 Å². The van der Waals surface area contributed by atoms with Crippen molar-refractivity contribution in [3.8, 4) is 16.9 Å². The quantitative estimate of drug-likeness (QED) is 0.646. The highest BCUT2D eigenvalue weighted by atomic mass is 16.5. The Labute approximate surface area is 140 Å². The molecule has 1 nitrogen and oxygen atoms in total. The molecule has 1 aliphatic rings. The highest BCUT2D eigenvalue weighted by Crippen LogP contribution is 2.31. The Balaban J connectivity index is 1.56. The molecule has 2 aromatic rings. The number of aryl methyl sites for hydroxylation is 1. The van der Waals surface area contributed by atoms with Crippen molar-refractivity contribution in [1.29, 1.82) is 0 Å². The number of rotatable bonds is 5. The minimum absolute atomic E-state index is 0.909. The van der Waals surface area contributed by atoms with E-state index in [2.05, 4.69) is 43.3 Å². The SMILES string of the molecule is COc1ccc(-c2ccc(CCC3CCC(C)CC3)cc2)cc1. The van der Waals surface area contributed by atoms with E-state index in [0.717, 1.165) is 17.6 Å². The normalized spacial score (nSPS) is 21.1. The maximum atomic E-state index is 5.22. The van der Waals surface area contributed by atoms with E-state index in [1.807, 2.05) is 12.1 Å². The largest absolute Gasteiger partial charge is 0.497 e. The molecule has 2 aromatic carbocycles. The molecule has 3 rings (SSSR count). The van der Waals surface area contributed by atoms with Crippen molar-refractivity contribution in [1.82, 2.24) is 0 Å². The van der Waals surface area contributed by atoms with Gasteiger partial charge in [0.05, 0.1) is 7.11 Å². The Hall–Kier alpha value is -1.76. The van der Waals surface area contributed by atoms with Crippen LogP contribution in [0.25, 0.3) is 11.1 Å². The van der Waals surface area contributed by atoms with Gasteiger partial charge in [0, 0.05) is 0 Å². The zero-order valence-corrected chi connectivity index (χ0v) is 14.4. The molecule has 0 aromatic heterocycles. The maximum Gasteiger partial charge on any atom is 0.118 e. The number of benzene rings is 2. The second kappa shape index (κ2) is 7.68. The summed E-state index contributed by atoms with van der Waals surface area (Å²) in [6.45, 7) is 2.40. The highest BCUT2D eigenvalue weighted by Gasteiger charge is 2.17. The molecule has 0 unspecified atom stereocenters. The molecule has 122 valence electrons. The summed E-state index contributed by atoms with van der Waals surface area (Å²) >= 11 is 0. The molecule has 1 fully saturated rings. The third kappa shape index (κ3) is 4.37. The predicted octanol–water partition coefficient (Wildman–Crippen LogP) is 6.12. The second-order valence-electron chi connectivity index (χ2n) is 7.09. The van der Waals surface area contributed by atoms with E-state index < -0.39 is 0 Å². The summed E-state index contributed by atoms with van der Waals surface area (Å²) in [4.78, 5) is 0. The van der Waals surface area contributed by atoms with Gasteiger partial charge >= 0.3 is 0 Å². The fourth-order valence-corrected chi connectivity index (χ4v) is 3.64. The van der Waals surface area contributed by atoms with Gasteiger partial charge in [-0.25, -0.2) is 0 Å². The summed E-state index contributed by atoms with van der Waals surface area (Å²) in [5.41, 5.74) is 4.00. The van der Waals surface area contributed by atoms with Gasteiger partial charge < -0.3 is 4.74 Å². The lowest BCUT2D eigenvalue weighted by molar-refractivity contribution is 0.278. The lowest BCUT2D eigenvalue weighted by atomic mass is 9.80. The molecule has 0 atom stereocenters. The molecule has 1 saturated carbocycles. The highest BCUT2D eigenvalue weighted by molar-refractivity contribution is 5.64. The average molecular weight is 308 g/mol. The van der Waals surface area contributed by atoms with Crippen molar-refractivity contribution in [3.63, 3.8) is 0 Å². The fraction of sp³-hybridized carbons (Fsp3) is 0.455. The van der Waals surface area contributed by atoms with Gasteiger partial charge in [-0.1, -0.05) is 69.0 Å². The molecule has 0 amide bonds. The van der Waals surface area contributed by atoms with Gasteiger partial charge in [0.2, 0.25) is 0 Å². The smallest absolute Gasteiger partial charge is 0.118 e. The zero-order chi connectivity index (χ0) is 16.1. The van der Waals surface area contributed by atoms with Crippen LogP contribution in [0.4, 0.5) is 0 Å². The van der Waals surface area contributed by atoms with E-state index >= 15 is 0 Å². The van der Waals surface area contributed by atoms with Crippen molar-refractivity contribution in [3.05, 3.63) is 54.1 Å². The Kier molecular flexibility index (Phi) is 5.38. The van der Waals surface area contributed by atoms with Gasteiger partial charge in [-0.05, 0) is 53.5 Å². The van der Waals surface area contributed by atoms with Gasteiger partial charge in [-0.3, -0.25) is 0 Å². The maximum absolute atomic E-state index is 5.22. The van der Waals surface area contributed by atoms with Crippen LogP contribution in [0.2, 0.25) is 0 Å². The number of ether oxygens (including phenoxy) is 1. The molecule has 0 saturated heterocycles. The zero-order valence-electron chi connectivity index (χ0n) is 14.4. The van der Waals surface area contributed by atoms with Crippen LogP contribution in [0.1, 0.15) is 44.6 Å². The van der Waals surface area contributed by atoms with Crippen molar-refractivity contribution in [2.24, 2.45) is 11.8 Å². The summed E-state index contributed by atoms with van der Waals surface area (Å²) in [5, 5.41) is 0. The van der Waals surface area contributed by atoms with Crippen LogP contribution < -0.4 is 4.74 Å². The molecule has 0 radical (unpaired) electrons. The van der Waals surface area contributed by atoms with Crippen LogP contribution in [-0.4, -0.2) is 7.11 Å². The Morgan fingerprint density at radius 3 is 1.96 bits per heavy atom. The van der Waals surface area contributed by atoms with Gasteiger partial charge in [0.15, 0.2) is 0 Å². The van der Waals surface area contributed by atoms with Crippen molar-refractivity contribution >= 4 is 0 Å². The van der Waals surface area contributed by atoms with Crippen LogP contribution in [0.5, 0.6) is 5.75 Å². The van der Waals surface area contributed by atoms with Gasteiger partial charge in [-0.2, -0.15) is 0 Å². The number of hydrogen-bond acceptors (Lipinski definition) is 1. The van der Waals surface area contributed by atoms with Gasteiger partial charge in [0.1, 0.15) is 5.75 Å². The first kappa shape index (κ1) is 16.1. The summed E-state index contributed by atoms with van der Waals surface area (Å²) in [5.74, 6) is 2.81. The monoisotopic (exact) mass is 308 g/mol. The third-order valence-electron chi connectivity index (χ3n) is 5.35. The van der Waals surface area contributed by atoms with E-state index in [1.54, 1.807) is 7.11 Å². The summed E-state index contributed by atoms with van der Waals surface area (Å²) in [6, 6.07) is 17.4. The molecular formula is C22H28O. The Bertz CT molecular complexity index is 589. The summed E-state index contributed by atoms with van der Waals surface area (Å²) in [7, 11) is 1.71. The van der Waals surface area contributed by atoms with Crippen LogP contribution in [0.15, 0.2) is 48.5 Å². The van der Waals surface area contributed by atoms with Crippen molar-refractivity contribution in [2.45, 2.75) is 45.4 Å². The molecule has 1 aliphatic carbocycles. The first-order chi connectivity index (χ1) is 11.2. The van der Waals surface area contributed by atoms with Gasteiger partial charge in [-0.15, -0.1) is 0 Å². The molecule has 0 aliphatic heterocycles. The van der Waals surface area contributed by atoms with Crippen LogP contribution >= 0.6 is 0 Å². The Morgan fingerprint density at radius 2 is 1.39 bits per heavy atom. The lowest BCUT2D eigenvalue weighted by Gasteiger charge is -2.26. The topological polar surface area (TPSA) is 9.23 Å². The molecule has 0 spiro atoms. The minimum atomic E-state index is 0.909. The molecule has 0 N–H and O–H groups in total. The molecule has 0 bridgehead atoms. The predicted molar refractivity (Wildman–Crippen MR) is 97.9 cm³/mol. The Morgan fingerprint density at radius 1 is 0.826 bits per heavy atom. The lowest BCUT2D eigenvalue weighted by Crippen LogP contribution is -2.12. The minimum Gasteiger partial charge on any atom is -0.497 e.